The molecule has 0 aliphatic carbocycles. The first-order valence-corrected chi connectivity index (χ1v) is 5.74. The summed E-state index contributed by atoms with van der Waals surface area (Å²) in [5.74, 6) is 1.01. The predicted molar refractivity (Wildman–Crippen MR) is 55.9 cm³/mol. The van der Waals surface area contributed by atoms with Crippen molar-refractivity contribution in [3.05, 3.63) is 0 Å². The van der Waals surface area contributed by atoms with E-state index in [1.54, 1.807) is 11.8 Å². The molecule has 0 rings (SSSR count). The minimum Gasteiger partial charge on any atom is -0.370 e. The van der Waals surface area contributed by atoms with Gasteiger partial charge >= 0.3 is 0 Å². The van der Waals surface area contributed by atoms with Crippen molar-refractivity contribution in [3.63, 3.8) is 0 Å². The fourth-order valence-electron chi connectivity index (χ4n) is 0.744. The van der Waals surface area contributed by atoms with Gasteiger partial charge in [0.15, 0.2) is 0 Å². The summed E-state index contributed by atoms with van der Waals surface area (Å²) in [6, 6.07) is 0. The van der Waals surface area contributed by atoms with Gasteiger partial charge in [0.25, 0.3) is 0 Å². The third-order valence-electron chi connectivity index (χ3n) is 1.34. The molecule has 0 aliphatic rings. The van der Waals surface area contributed by atoms with E-state index in [-0.39, 0.29) is 12.5 Å². The molecule has 0 saturated carbocycles. The van der Waals surface area contributed by atoms with Crippen LogP contribution < -0.4 is 11.1 Å². The van der Waals surface area contributed by atoms with Crippen LogP contribution in [-0.4, -0.2) is 44.2 Å². The quantitative estimate of drug-likeness (QED) is 0.541. The number of thioether (sulfide) groups is 1. The van der Waals surface area contributed by atoms with Crippen LogP contribution in [0.15, 0.2) is 0 Å². The number of rotatable bonds is 8. The number of nitrogens with two attached hydrogens (primary N) is 1. The molecule has 0 heterocycles. The SMILES string of the molecule is CSCCCNC(=O)COCCN. The molecule has 0 aromatic rings. The maximum atomic E-state index is 11.0. The third-order valence-corrected chi connectivity index (χ3v) is 2.04. The fraction of sp³-hybridized carbons (Fsp3) is 0.875. The first kappa shape index (κ1) is 12.7. The van der Waals surface area contributed by atoms with Gasteiger partial charge in [0.1, 0.15) is 6.61 Å². The van der Waals surface area contributed by atoms with Gasteiger partial charge in [-0.05, 0) is 18.4 Å². The van der Waals surface area contributed by atoms with Crippen LogP contribution in [0.3, 0.4) is 0 Å². The van der Waals surface area contributed by atoms with E-state index >= 15 is 0 Å². The van der Waals surface area contributed by atoms with Gasteiger partial charge < -0.3 is 15.8 Å². The highest BCUT2D eigenvalue weighted by Crippen LogP contribution is 1.92. The van der Waals surface area contributed by atoms with Gasteiger partial charge in [0, 0.05) is 13.1 Å². The Kier molecular flexibility index (Phi) is 9.63. The summed E-state index contributed by atoms with van der Waals surface area (Å²) in [4.78, 5) is 11.0. The van der Waals surface area contributed by atoms with E-state index in [1.165, 1.54) is 0 Å². The van der Waals surface area contributed by atoms with Gasteiger partial charge in [0.05, 0.1) is 6.61 Å². The average molecular weight is 206 g/mol. The van der Waals surface area contributed by atoms with Crippen molar-refractivity contribution < 1.29 is 9.53 Å². The lowest BCUT2D eigenvalue weighted by Gasteiger charge is -2.04. The molecule has 1 amide bonds. The Morgan fingerprint density at radius 2 is 2.38 bits per heavy atom. The van der Waals surface area contributed by atoms with Crippen LogP contribution in [0.2, 0.25) is 0 Å². The summed E-state index contributed by atoms with van der Waals surface area (Å²) in [5, 5.41) is 2.76. The molecule has 0 aromatic heterocycles. The molecule has 4 nitrogen and oxygen atoms in total. The maximum Gasteiger partial charge on any atom is 0.245 e. The Bertz CT molecular complexity index is 133. The molecule has 5 heteroatoms. The number of carbonyl (C=O) groups excluding carboxylic acids is 1. The summed E-state index contributed by atoms with van der Waals surface area (Å²) < 4.78 is 4.96. The zero-order valence-corrected chi connectivity index (χ0v) is 8.86. The Hall–Kier alpha value is -0.260. The highest BCUT2D eigenvalue weighted by Gasteiger charge is 1.98. The van der Waals surface area contributed by atoms with Crippen molar-refractivity contribution in [2.45, 2.75) is 6.42 Å². The second-order valence-electron chi connectivity index (χ2n) is 2.54. The van der Waals surface area contributed by atoms with Gasteiger partial charge in [0.2, 0.25) is 5.91 Å². The van der Waals surface area contributed by atoms with Crippen LogP contribution in [0.25, 0.3) is 0 Å². The van der Waals surface area contributed by atoms with Gasteiger partial charge in [-0.1, -0.05) is 0 Å². The Balaban J connectivity index is 3.11. The van der Waals surface area contributed by atoms with Crippen molar-refractivity contribution in [2.24, 2.45) is 5.73 Å². The molecule has 78 valence electrons. The summed E-state index contributed by atoms with van der Waals surface area (Å²) in [7, 11) is 0. The molecule has 0 aromatic carbocycles. The maximum absolute atomic E-state index is 11.0. The fourth-order valence-corrected chi connectivity index (χ4v) is 1.18. The highest BCUT2D eigenvalue weighted by molar-refractivity contribution is 7.98. The summed E-state index contributed by atoms with van der Waals surface area (Å²) in [6.45, 7) is 1.75. The van der Waals surface area contributed by atoms with Gasteiger partial charge in [-0.3, -0.25) is 4.79 Å². The molecule has 0 fully saturated rings. The predicted octanol–water partition coefficient (Wildman–Crippen LogP) is -0.169. The zero-order chi connectivity index (χ0) is 9.94. The second-order valence-corrected chi connectivity index (χ2v) is 3.52. The normalized spacial score (nSPS) is 10.0. The smallest absolute Gasteiger partial charge is 0.245 e. The molecule has 0 unspecified atom stereocenters. The van der Waals surface area contributed by atoms with E-state index in [0.29, 0.717) is 13.2 Å². The monoisotopic (exact) mass is 206 g/mol. The first-order valence-electron chi connectivity index (χ1n) is 4.34. The van der Waals surface area contributed by atoms with Gasteiger partial charge in [-0.15, -0.1) is 0 Å². The lowest BCUT2D eigenvalue weighted by atomic mass is 10.4. The summed E-state index contributed by atoms with van der Waals surface area (Å²) >= 11 is 1.78. The van der Waals surface area contributed by atoms with E-state index in [2.05, 4.69) is 5.32 Å². The van der Waals surface area contributed by atoms with Crippen LogP contribution in [0.1, 0.15) is 6.42 Å². The number of ether oxygens (including phenoxy) is 1. The molecule has 0 atom stereocenters. The second kappa shape index (κ2) is 9.83. The standard InChI is InChI=1S/C8H18N2O2S/c1-13-6-2-4-10-8(11)7-12-5-3-9/h2-7,9H2,1H3,(H,10,11). The molecular weight excluding hydrogens is 188 g/mol. The molecular formula is C8H18N2O2S. The average Bonchev–Trinajstić information content (AvgIpc) is 2.13. The van der Waals surface area contributed by atoms with Crippen LogP contribution in [0, 0.1) is 0 Å². The molecule has 0 bridgehead atoms. The zero-order valence-electron chi connectivity index (χ0n) is 8.04. The summed E-state index contributed by atoms with van der Waals surface area (Å²) in [6.07, 6.45) is 3.05. The lowest BCUT2D eigenvalue weighted by Crippen LogP contribution is -2.29. The lowest BCUT2D eigenvalue weighted by molar-refractivity contribution is -0.125. The molecule has 13 heavy (non-hydrogen) atoms. The molecule has 0 radical (unpaired) electrons. The molecule has 3 N–H and O–H groups in total. The number of amides is 1. The van der Waals surface area contributed by atoms with E-state index in [9.17, 15) is 4.79 Å². The van der Waals surface area contributed by atoms with Crippen molar-refractivity contribution in [2.75, 3.05) is 38.3 Å². The topological polar surface area (TPSA) is 64.3 Å². The number of nitrogens with one attached hydrogen (secondary N) is 1. The Morgan fingerprint density at radius 1 is 1.62 bits per heavy atom. The van der Waals surface area contributed by atoms with Crippen LogP contribution in [0.5, 0.6) is 0 Å². The highest BCUT2D eigenvalue weighted by atomic mass is 32.2. The number of carbonyl (C=O) groups is 1. The Morgan fingerprint density at radius 3 is 3.00 bits per heavy atom. The van der Waals surface area contributed by atoms with Gasteiger partial charge in [-0.2, -0.15) is 11.8 Å². The van der Waals surface area contributed by atoms with Gasteiger partial charge in [-0.25, -0.2) is 0 Å². The van der Waals surface area contributed by atoms with E-state index < -0.39 is 0 Å². The summed E-state index contributed by atoms with van der Waals surface area (Å²) in [5.41, 5.74) is 5.19. The minimum atomic E-state index is -0.0606. The van der Waals surface area contributed by atoms with Crippen molar-refractivity contribution >= 4 is 17.7 Å². The van der Waals surface area contributed by atoms with E-state index in [0.717, 1.165) is 18.7 Å². The molecule has 0 saturated heterocycles. The Labute approximate surface area is 83.6 Å². The number of hydrogen-bond acceptors (Lipinski definition) is 4. The van der Waals surface area contributed by atoms with Crippen molar-refractivity contribution in [1.82, 2.24) is 5.32 Å². The largest absolute Gasteiger partial charge is 0.370 e. The van der Waals surface area contributed by atoms with Crippen LogP contribution >= 0.6 is 11.8 Å². The van der Waals surface area contributed by atoms with E-state index in [1.807, 2.05) is 6.26 Å². The molecule has 0 spiro atoms. The molecule has 0 aliphatic heterocycles. The van der Waals surface area contributed by atoms with E-state index in [4.69, 9.17) is 10.5 Å². The van der Waals surface area contributed by atoms with Crippen molar-refractivity contribution in [1.29, 1.82) is 0 Å². The minimum absolute atomic E-state index is 0.0606. The first-order chi connectivity index (χ1) is 6.31. The van der Waals surface area contributed by atoms with Crippen LogP contribution in [0.4, 0.5) is 0 Å². The third kappa shape index (κ3) is 9.66. The van der Waals surface area contributed by atoms with Crippen molar-refractivity contribution in [3.8, 4) is 0 Å². The number of hydrogen-bond donors (Lipinski definition) is 2. The van der Waals surface area contributed by atoms with Crippen LogP contribution in [-0.2, 0) is 9.53 Å².